The number of nitriles is 1. The summed E-state index contributed by atoms with van der Waals surface area (Å²) in [6.45, 7) is 3.65. The van der Waals surface area contributed by atoms with Gasteiger partial charge in [0.15, 0.2) is 0 Å². The lowest BCUT2D eigenvalue weighted by molar-refractivity contribution is -0.139. The van der Waals surface area contributed by atoms with E-state index >= 15 is 0 Å². The van der Waals surface area contributed by atoms with Crippen molar-refractivity contribution in [1.82, 2.24) is 4.98 Å². The maximum absolute atomic E-state index is 12.9. The normalized spacial score (nSPS) is 11.5. The second-order valence-corrected chi connectivity index (χ2v) is 5.05. The highest BCUT2D eigenvalue weighted by molar-refractivity contribution is 7.99. The third-order valence-corrected chi connectivity index (χ3v) is 3.23. The van der Waals surface area contributed by atoms with E-state index in [4.69, 9.17) is 10.00 Å². The first-order valence-corrected chi connectivity index (χ1v) is 6.45. The summed E-state index contributed by atoms with van der Waals surface area (Å²) < 4.78 is 43.3. The molecule has 0 atom stereocenters. The maximum Gasteiger partial charge on any atom is 0.421 e. The van der Waals surface area contributed by atoms with Gasteiger partial charge in [0.05, 0.1) is 24.6 Å². The fraction of sp³-hybridized carbons (Fsp3) is 0.500. The highest BCUT2D eigenvalue weighted by Gasteiger charge is 2.36. The van der Waals surface area contributed by atoms with E-state index in [1.54, 1.807) is 0 Å². The van der Waals surface area contributed by atoms with Gasteiger partial charge in [0, 0.05) is 4.90 Å². The van der Waals surface area contributed by atoms with Crippen LogP contribution >= 0.6 is 11.8 Å². The Morgan fingerprint density at radius 3 is 2.53 bits per heavy atom. The van der Waals surface area contributed by atoms with E-state index in [0.29, 0.717) is 10.6 Å². The molecule has 1 heterocycles. The van der Waals surface area contributed by atoms with E-state index < -0.39 is 17.6 Å². The Bertz CT molecular complexity index is 495. The van der Waals surface area contributed by atoms with Crippen molar-refractivity contribution in [1.29, 1.82) is 5.26 Å². The van der Waals surface area contributed by atoms with Crippen LogP contribution in [0.4, 0.5) is 13.2 Å². The molecule has 0 spiro atoms. The molecule has 0 saturated carbocycles. The van der Waals surface area contributed by atoms with Crippen LogP contribution in [0.5, 0.6) is 5.88 Å². The van der Waals surface area contributed by atoms with Crippen molar-refractivity contribution >= 4 is 11.8 Å². The highest BCUT2D eigenvalue weighted by atomic mass is 32.2. The van der Waals surface area contributed by atoms with Gasteiger partial charge in [0.1, 0.15) is 5.56 Å². The molecule has 19 heavy (non-hydrogen) atoms. The van der Waals surface area contributed by atoms with Crippen LogP contribution in [0.25, 0.3) is 0 Å². The lowest BCUT2D eigenvalue weighted by Crippen LogP contribution is -2.11. The summed E-state index contributed by atoms with van der Waals surface area (Å²) in [6, 6.07) is 2.89. The summed E-state index contributed by atoms with van der Waals surface area (Å²) in [5.74, 6) is -0.416. The summed E-state index contributed by atoms with van der Waals surface area (Å²) in [7, 11) is 1.16. The molecule has 0 amide bonds. The molecule has 0 fully saturated rings. The van der Waals surface area contributed by atoms with Gasteiger partial charge in [-0.05, 0) is 12.0 Å². The number of pyridine rings is 1. The number of nitrogens with zero attached hydrogens (tertiary/aromatic N) is 2. The molecule has 0 aliphatic rings. The summed E-state index contributed by atoms with van der Waals surface area (Å²) in [5, 5.41) is 8.55. The zero-order valence-corrected chi connectivity index (χ0v) is 11.5. The van der Waals surface area contributed by atoms with Crippen LogP contribution in [0.1, 0.15) is 31.0 Å². The van der Waals surface area contributed by atoms with E-state index in [1.807, 2.05) is 19.9 Å². The molecule has 1 aromatic rings. The molecular weight excluding hydrogens is 277 g/mol. The SMILES string of the molecule is COc1nc(C(C)C)c(SCC#N)cc1C(F)(F)F. The minimum Gasteiger partial charge on any atom is -0.481 e. The minimum atomic E-state index is -4.53. The first-order chi connectivity index (χ1) is 8.81. The van der Waals surface area contributed by atoms with Gasteiger partial charge in [-0.25, -0.2) is 4.98 Å². The van der Waals surface area contributed by atoms with Crippen LogP contribution < -0.4 is 4.74 Å². The Labute approximate surface area is 113 Å². The zero-order valence-electron chi connectivity index (χ0n) is 10.7. The number of hydrogen-bond acceptors (Lipinski definition) is 4. The molecule has 1 rings (SSSR count). The van der Waals surface area contributed by atoms with Gasteiger partial charge in [0.25, 0.3) is 0 Å². The largest absolute Gasteiger partial charge is 0.481 e. The first-order valence-electron chi connectivity index (χ1n) is 5.47. The smallest absolute Gasteiger partial charge is 0.421 e. The van der Waals surface area contributed by atoms with Gasteiger partial charge in [-0.2, -0.15) is 18.4 Å². The van der Waals surface area contributed by atoms with Crippen LogP contribution in [-0.4, -0.2) is 17.8 Å². The van der Waals surface area contributed by atoms with E-state index in [0.717, 1.165) is 24.9 Å². The van der Waals surface area contributed by atoms with Gasteiger partial charge in [-0.3, -0.25) is 0 Å². The molecular formula is C12H13F3N2OS. The van der Waals surface area contributed by atoms with Gasteiger partial charge in [-0.15, -0.1) is 11.8 Å². The standard InChI is InChI=1S/C12H13F3N2OS/c1-7(2)10-9(19-5-4-16)6-8(12(13,14)15)11(17-10)18-3/h6-7H,5H2,1-3H3. The number of alkyl halides is 3. The third kappa shape index (κ3) is 3.77. The predicted molar refractivity (Wildman–Crippen MR) is 66.2 cm³/mol. The maximum atomic E-state index is 12.9. The number of rotatable bonds is 4. The summed E-state index contributed by atoms with van der Waals surface area (Å²) in [5.41, 5.74) is -0.412. The topological polar surface area (TPSA) is 45.9 Å². The van der Waals surface area contributed by atoms with E-state index in [1.165, 1.54) is 0 Å². The van der Waals surface area contributed by atoms with Crippen LogP contribution in [-0.2, 0) is 6.18 Å². The minimum absolute atomic E-state index is 0.0580. The molecule has 0 radical (unpaired) electrons. The molecule has 3 nitrogen and oxygen atoms in total. The Balaban J connectivity index is 3.39. The van der Waals surface area contributed by atoms with E-state index in [2.05, 4.69) is 4.98 Å². The number of ether oxygens (including phenoxy) is 1. The molecule has 0 N–H and O–H groups in total. The van der Waals surface area contributed by atoms with Crippen molar-refractivity contribution in [3.05, 3.63) is 17.3 Å². The Hall–Kier alpha value is -1.42. The molecule has 0 aliphatic carbocycles. The number of hydrogen-bond donors (Lipinski definition) is 0. The van der Waals surface area contributed by atoms with Crippen molar-refractivity contribution in [2.24, 2.45) is 0 Å². The zero-order chi connectivity index (χ0) is 14.6. The number of thioether (sulfide) groups is 1. The average Bonchev–Trinajstić information content (AvgIpc) is 2.33. The van der Waals surface area contributed by atoms with Crippen molar-refractivity contribution in [3.8, 4) is 11.9 Å². The van der Waals surface area contributed by atoms with Crippen molar-refractivity contribution < 1.29 is 17.9 Å². The summed E-state index contributed by atoms with van der Waals surface area (Å²) in [4.78, 5) is 4.30. The fourth-order valence-electron chi connectivity index (χ4n) is 1.49. The summed E-state index contributed by atoms with van der Waals surface area (Å²) >= 11 is 1.05. The van der Waals surface area contributed by atoms with Gasteiger partial charge >= 0.3 is 6.18 Å². The predicted octanol–water partition coefficient (Wildman–Crippen LogP) is 3.85. The van der Waals surface area contributed by atoms with Crippen LogP contribution in [0.3, 0.4) is 0 Å². The quantitative estimate of drug-likeness (QED) is 0.790. The number of aromatic nitrogens is 1. The second-order valence-electron chi connectivity index (χ2n) is 4.03. The van der Waals surface area contributed by atoms with E-state index in [-0.39, 0.29) is 11.7 Å². The third-order valence-electron chi connectivity index (χ3n) is 2.32. The molecule has 0 unspecified atom stereocenters. The molecule has 0 bridgehead atoms. The van der Waals surface area contributed by atoms with Crippen LogP contribution in [0, 0.1) is 11.3 Å². The van der Waals surface area contributed by atoms with Crippen molar-refractivity contribution in [2.45, 2.75) is 30.8 Å². The second kappa shape index (κ2) is 6.15. The van der Waals surface area contributed by atoms with Crippen molar-refractivity contribution in [2.75, 3.05) is 12.9 Å². The molecule has 0 aliphatic heterocycles. The fourth-order valence-corrected chi connectivity index (χ4v) is 2.34. The van der Waals surface area contributed by atoms with E-state index in [9.17, 15) is 13.2 Å². The number of halogens is 3. The Kier molecular flexibility index (Phi) is 5.06. The van der Waals surface area contributed by atoms with Crippen molar-refractivity contribution in [3.63, 3.8) is 0 Å². The van der Waals surface area contributed by atoms with Crippen LogP contribution in [0.2, 0.25) is 0 Å². The van der Waals surface area contributed by atoms with Gasteiger partial charge in [0.2, 0.25) is 5.88 Å². The molecule has 104 valence electrons. The summed E-state index contributed by atoms with van der Waals surface area (Å²) in [6.07, 6.45) is -4.53. The highest BCUT2D eigenvalue weighted by Crippen LogP contribution is 2.39. The average molecular weight is 290 g/mol. The van der Waals surface area contributed by atoms with Crippen LogP contribution in [0.15, 0.2) is 11.0 Å². The van der Waals surface area contributed by atoms with Gasteiger partial charge in [-0.1, -0.05) is 13.8 Å². The van der Waals surface area contributed by atoms with Gasteiger partial charge < -0.3 is 4.74 Å². The number of methoxy groups -OCH3 is 1. The lowest BCUT2D eigenvalue weighted by Gasteiger charge is -2.17. The molecule has 7 heteroatoms. The first kappa shape index (κ1) is 15.6. The lowest BCUT2D eigenvalue weighted by atomic mass is 10.1. The molecule has 0 aromatic carbocycles. The molecule has 0 saturated heterocycles. The Morgan fingerprint density at radius 1 is 1.47 bits per heavy atom. The molecule has 1 aromatic heterocycles. The Morgan fingerprint density at radius 2 is 2.11 bits per heavy atom. The monoisotopic (exact) mass is 290 g/mol.